The molecule has 1 saturated heterocycles. The Balaban J connectivity index is 1.42. The summed E-state index contributed by atoms with van der Waals surface area (Å²) in [6.07, 6.45) is 6.54. The lowest BCUT2D eigenvalue weighted by atomic mass is 10.1. The molecule has 8 heteroatoms. The Labute approximate surface area is 175 Å². The third-order valence-electron chi connectivity index (χ3n) is 5.42. The van der Waals surface area contributed by atoms with E-state index in [1.165, 1.54) is 0 Å². The molecule has 0 bridgehead atoms. The highest BCUT2D eigenvalue weighted by molar-refractivity contribution is 6.30. The Morgan fingerprint density at radius 3 is 2.66 bits per heavy atom. The molecule has 2 fully saturated rings. The molecule has 2 aliphatic rings. The van der Waals surface area contributed by atoms with Gasteiger partial charge in [0.2, 0.25) is 23.6 Å². The fourth-order valence-corrected chi connectivity index (χ4v) is 3.74. The summed E-state index contributed by atoms with van der Waals surface area (Å²) in [5.41, 5.74) is 0.781. The number of carbonyl (C=O) groups is 2. The van der Waals surface area contributed by atoms with E-state index in [1.54, 1.807) is 21.9 Å². The molecule has 154 valence electrons. The molecule has 2 amide bonds. The first-order valence-electron chi connectivity index (χ1n) is 10.3. The van der Waals surface area contributed by atoms with Crippen molar-refractivity contribution < 1.29 is 14.0 Å². The number of nitrogens with zero attached hydrogens (tertiary/aromatic N) is 4. The van der Waals surface area contributed by atoms with Crippen molar-refractivity contribution in [3.05, 3.63) is 35.2 Å². The fourth-order valence-electron chi connectivity index (χ4n) is 3.62. The molecule has 0 N–H and O–H groups in total. The van der Waals surface area contributed by atoms with Gasteiger partial charge < -0.3 is 14.2 Å². The lowest BCUT2D eigenvalue weighted by Crippen LogP contribution is -2.44. The highest BCUT2D eigenvalue weighted by Crippen LogP contribution is 2.29. The van der Waals surface area contributed by atoms with E-state index in [-0.39, 0.29) is 30.9 Å². The molecule has 29 heavy (non-hydrogen) atoms. The van der Waals surface area contributed by atoms with Gasteiger partial charge in [0.15, 0.2) is 0 Å². The van der Waals surface area contributed by atoms with Crippen LogP contribution in [-0.2, 0) is 16.1 Å². The summed E-state index contributed by atoms with van der Waals surface area (Å²) in [4.78, 5) is 28.8. The van der Waals surface area contributed by atoms with E-state index < -0.39 is 0 Å². The van der Waals surface area contributed by atoms with Crippen LogP contribution < -0.4 is 0 Å². The number of carbonyl (C=O) groups excluding carboxylic acids is 2. The van der Waals surface area contributed by atoms with Crippen molar-refractivity contribution in [3.63, 3.8) is 0 Å². The van der Waals surface area contributed by atoms with Gasteiger partial charge in [0.05, 0.1) is 13.1 Å². The van der Waals surface area contributed by atoms with Crippen LogP contribution in [0, 0.1) is 0 Å². The first-order valence-corrected chi connectivity index (χ1v) is 10.6. The van der Waals surface area contributed by atoms with Crippen LogP contribution >= 0.6 is 11.6 Å². The van der Waals surface area contributed by atoms with E-state index in [1.807, 2.05) is 12.1 Å². The molecule has 7 nitrogen and oxygen atoms in total. The lowest BCUT2D eigenvalue weighted by molar-refractivity contribution is -0.141. The normalized spacial score (nSPS) is 17.7. The van der Waals surface area contributed by atoms with Gasteiger partial charge in [-0.1, -0.05) is 24.4 Å². The van der Waals surface area contributed by atoms with Crippen LogP contribution in [0.4, 0.5) is 0 Å². The van der Waals surface area contributed by atoms with Crippen LogP contribution in [-0.4, -0.2) is 50.9 Å². The quantitative estimate of drug-likeness (QED) is 0.717. The van der Waals surface area contributed by atoms with Crippen LogP contribution in [0.3, 0.4) is 0 Å². The number of aromatic nitrogens is 2. The second-order valence-electron chi connectivity index (χ2n) is 7.74. The van der Waals surface area contributed by atoms with Gasteiger partial charge in [-0.15, -0.1) is 10.2 Å². The molecule has 2 aromatic rings. The Kier molecular flexibility index (Phi) is 6.13. The van der Waals surface area contributed by atoms with Crippen molar-refractivity contribution in [3.8, 4) is 11.5 Å². The van der Waals surface area contributed by atoms with Gasteiger partial charge in [-0.3, -0.25) is 9.59 Å². The largest absolute Gasteiger partial charge is 0.419 e. The number of rotatable bonds is 6. The molecule has 1 aromatic carbocycles. The second-order valence-corrected chi connectivity index (χ2v) is 8.18. The minimum atomic E-state index is -0.0485. The molecule has 1 saturated carbocycles. The predicted octanol–water partition coefficient (Wildman–Crippen LogP) is 3.67. The number of hydrogen-bond acceptors (Lipinski definition) is 5. The van der Waals surface area contributed by atoms with Gasteiger partial charge >= 0.3 is 0 Å². The molecule has 4 rings (SSSR count). The van der Waals surface area contributed by atoms with Crippen LogP contribution in [0.1, 0.15) is 50.8 Å². The van der Waals surface area contributed by atoms with Gasteiger partial charge in [0.1, 0.15) is 0 Å². The summed E-state index contributed by atoms with van der Waals surface area (Å²) in [7, 11) is 0. The van der Waals surface area contributed by atoms with Gasteiger partial charge in [0, 0.05) is 29.6 Å². The van der Waals surface area contributed by atoms with Gasteiger partial charge in [-0.2, -0.15) is 0 Å². The Morgan fingerprint density at radius 2 is 1.90 bits per heavy atom. The van der Waals surface area contributed by atoms with E-state index in [0.717, 1.165) is 44.1 Å². The van der Waals surface area contributed by atoms with Crippen molar-refractivity contribution in [2.24, 2.45) is 0 Å². The average molecular weight is 417 g/mol. The van der Waals surface area contributed by atoms with Crippen molar-refractivity contribution in [1.82, 2.24) is 20.0 Å². The molecule has 0 atom stereocenters. The number of likely N-dealkylation sites (tertiary alicyclic amines) is 1. The molecule has 0 radical (unpaired) electrons. The minimum absolute atomic E-state index is 0.0485. The maximum Gasteiger partial charge on any atom is 0.247 e. The third kappa shape index (κ3) is 5.15. The van der Waals surface area contributed by atoms with E-state index in [2.05, 4.69) is 10.2 Å². The standard InChI is InChI=1S/C21H25ClN4O3/c22-16-8-6-15(7-9-16)21-24-23-18(29-21)13-26(17-10-11-17)20(28)14-25-12-4-2-1-3-5-19(25)27/h6-9,17H,1-5,10-14H2. The van der Waals surface area contributed by atoms with Crippen molar-refractivity contribution >= 4 is 23.4 Å². The number of amides is 2. The SMILES string of the molecule is O=C1CCCCCCN1CC(=O)N(Cc1nnc(-c2ccc(Cl)cc2)o1)C1CC1. The van der Waals surface area contributed by atoms with Crippen LogP contribution in [0.5, 0.6) is 0 Å². The van der Waals surface area contributed by atoms with Gasteiger partial charge in [-0.05, 0) is 49.9 Å². The maximum atomic E-state index is 13.0. The summed E-state index contributed by atoms with van der Waals surface area (Å²) >= 11 is 5.92. The van der Waals surface area contributed by atoms with E-state index in [0.29, 0.717) is 29.8 Å². The zero-order valence-electron chi connectivity index (χ0n) is 16.3. The van der Waals surface area contributed by atoms with E-state index in [4.69, 9.17) is 16.0 Å². The third-order valence-corrected chi connectivity index (χ3v) is 5.67. The number of benzene rings is 1. The van der Waals surface area contributed by atoms with Crippen LogP contribution in [0.15, 0.2) is 28.7 Å². The maximum absolute atomic E-state index is 13.0. The molecule has 1 aromatic heterocycles. The molecule has 1 aliphatic carbocycles. The molecule has 0 spiro atoms. The lowest BCUT2D eigenvalue weighted by Gasteiger charge is -2.28. The topological polar surface area (TPSA) is 79.5 Å². The smallest absolute Gasteiger partial charge is 0.247 e. The molecular weight excluding hydrogens is 392 g/mol. The monoisotopic (exact) mass is 416 g/mol. The number of halogens is 1. The Hall–Kier alpha value is -2.41. The zero-order chi connectivity index (χ0) is 20.2. The summed E-state index contributed by atoms with van der Waals surface area (Å²) in [6, 6.07) is 7.36. The van der Waals surface area contributed by atoms with Crippen molar-refractivity contribution in [1.29, 1.82) is 0 Å². The highest BCUT2D eigenvalue weighted by atomic mass is 35.5. The minimum Gasteiger partial charge on any atom is -0.419 e. The molecule has 2 heterocycles. The molecular formula is C21H25ClN4O3. The van der Waals surface area contributed by atoms with Crippen LogP contribution in [0.25, 0.3) is 11.5 Å². The number of hydrogen-bond donors (Lipinski definition) is 0. The first kappa shape index (κ1) is 19.9. The van der Waals surface area contributed by atoms with Gasteiger partial charge in [-0.25, -0.2) is 0 Å². The summed E-state index contributed by atoms with van der Waals surface area (Å²) in [5.74, 6) is 0.831. The Morgan fingerprint density at radius 1 is 1.14 bits per heavy atom. The highest BCUT2D eigenvalue weighted by Gasteiger charge is 2.35. The van der Waals surface area contributed by atoms with E-state index in [9.17, 15) is 9.59 Å². The van der Waals surface area contributed by atoms with Crippen molar-refractivity contribution in [2.45, 2.75) is 57.5 Å². The average Bonchev–Trinajstić information content (AvgIpc) is 3.44. The predicted molar refractivity (Wildman–Crippen MR) is 108 cm³/mol. The first-order chi connectivity index (χ1) is 14.1. The zero-order valence-corrected chi connectivity index (χ0v) is 17.1. The summed E-state index contributed by atoms with van der Waals surface area (Å²) < 4.78 is 5.78. The summed E-state index contributed by atoms with van der Waals surface area (Å²) in [6.45, 7) is 1.06. The fraction of sp³-hybridized carbons (Fsp3) is 0.524. The summed E-state index contributed by atoms with van der Waals surface area (Å²) in [5, 5.41) is 8.85. The second kappa shape index (κ2) is 8.95. The molecule has 1 aliphatic heterocycles. The Bertz CT molecular complexity index is 863. The van der Waals surface area contributed by atoms with Gasteiger partial charge in [0.25, 0.3) is 0 Å². The van der Waals surface area contributed by atoms with E-state index >= 15 is 0 Å². The van der Waals surface area contributed by atoms with Crippen molar-refractivity contribution in [2.75, 3.05) is 13.1 Å². The molecule has 0 unspecified atom stereocenters. The van der Waals surface area contributed by atoms with Crippen LogP contribution in [0.2, 0.25) is 5.02 Å².